The van der Waals surface area contributed by atoms with Crippen molar-refractivity contribution in [3.05, 3.63) is 42.0 Å². The number of aryl methyl sites for hydroxylation is 1. The summed E-state index contributed by atoms with van der Waals surface area (Å²) < 4.78 is 0. The van der Waals surface area contributed by atoms with E-state index in [2.05, 4.69) is 53.2 Å². The molecule has 0 aliphatic carbocycles. The molecular weight excluding hydrogens is 324 g/mol. The van der Waals surface area contributed by atoms with Crippen LogP contribution in [0.2, 0.25) is 0 Å². The van der Waals surface area contributed by atoms with Gasteiger partial charge in [0, 0.05) is 38.2 Å². The average molecular weight is 352 g/mol. The molecule has 5 nitrogen and oxygen atoms in total. The summed E-state index contributed by atoms with van der Waals surface area (Å²) in [4.78, 5) is 16.3. The Kier molecular flexibility index (Phi) is 6.21. The fourth-order valence-electron chi connectivity index (χ4n) is 3.23. The first-order chi connectivity index (χ1) is 12.7. The number of amides is 1. The summed E-state index contributed by atoms with van der Waals surface area (Å²) in [6.45, 7) is 7.44. The van der Waals surface area contributed by atoms with E-state index in [0.717, 1.165) is 62.5 Å². The highest BCUT2D eigenvalue weighted by Crippen LogP contribution is 2.20. The second-order valence-electron chi connectivity index (χ2n) is 6.80. The zero-order chi connectivity index (χ0) is 18.4. The SMILES string of the molecule is CCCCC(=O)N1CCN(c2ccc(-c3ccc(CC)cc3)nn2)CC1. The highest BCUT2D eigenvalue weighted by atomic mass is 16.2. The van der Waals surface area contributed by atoms with E-state index in [1.54, 1.807) is 0 Å². The number of piperazine rings is 1. The summed E-state index contributed by atoms with van der Waals surface area (Å²) in [6.07, 6.45) is 3.75. The smallest absolute Gasteiger partial charge is 0.222 e. The van der Waals surface area contributed by atoms with Crippen LogP contribution in [0.15, 0.2) is 36.4 Å². The molecule has 2 heterocycles. The first-order valence-electron chi connectivity index (χ1n) is 9.67. The third kappa shape index (κ3) is 4.40. The molecule has 138 valence electrons. The Labute approximate surface area is 156 Å². The largest absolute Gasteiger partial charge is 0.352 e. The van der Waals surface area contributed by atoms with Gasteiger partial charge in [0.1, 0.15) is 0 Å². The fourth-order valence-corrected chi connectivity index (χ4v) is 3.23. The number of nitrogens with zero attached hydrogens (tertiary/aromatic N) is 4. The topological polar surface area (TPSA) is 49.3 Å². The maximum Gasteiger partial charge on any atom is 0.222 e. The van der Waals surface area contributed by atoms with Gasteiger partial charge >= 0.3 is 0 Å². The Hall–Kier alpha value is -2.43. The number of carbonyl (C=O) groups excluding carboxylic acids is 1. The number of rotatable bonds is 6. The van der Waals surface area contributed by atoms with Crippen LogP contribution in [0.4, 0.5) is 5.82 Å². The highest BCUT2D eigenvalue weighted by Gasteiger charge is 2.21. The molecule has 1 aliphatic rings. The van der Waals surface area contributed by atoms with Gasteiger partial charge in [-0.05, 0) is 30.5 Å². The first kappa shape index (κ1) is 18.4. The normalized spacial score (nSPS) is 14.5. The third-order valence-electron chi connectivity index (χ3n) is 5.01. The van der Waals surface area contributed by atoms with Crippen LogP contribution in [0.1, 0.15) is 38.7 Å². The molecule has 0 atom stereocenters. The van der Waals surface area contributed by atoms with Crippen molar-refractivity contribution in [2.24, 2.45) is 0 Å². The highest BCUT2D eigenvalue weighted by molar-refractivity contribution is 5.76. The lowest BCUT2D eigenvalue weighted by molar-refractivity contribution is -0.131. The van der Waals surface area contributed by atoms with Crippen LogP contribution in [-0.2, 0) is 11.2 Å². The van der Waals surface area contributed by atoms with Gasteiger partial charge in [-0.3, -0.25) is 4.79 Å². The molecule has 26 heavy (non-hydrogen) atoms. The molecule has 0 spiro atoms. The molecule has 1 amide bonds. The van der Waals surface area contributed by atoms with Gasteiger partial charge < -0.3 is 9.80 Å². The predicted molar refractivity (Wildman–Crippen MR) is 105 cm³/mol. The lowest BCUT2D eigenvalue weighted by Crippen LogP contribution is -2.49. The maximum atomic E-state index is 12.1. The molecule has 3 rings (SSSR count). The molecule has 1 aliphatic heterocycles. The minimum Gasteiger partial charge on any atom is -0.352 e. The van der Waals surface area contributed by atoms with Crippen LogP contribution in [0, 0.1) is 0 Å². The van der Waals surface area contributed by atoms with E-state index in [1.807, 2.05) is 17.0 Å². The molecule has 2 aromatic rings. The van der Waals surface area contributed by atoms with Crippen LogP contribution in [0.3, 0.4) is 0 Å². The Balaban J connectivity index is 1.58. The predicted octanol–water partition coefficient (Wildman–Crippen LogP) is 3.54. The molecule has 0 radical (unpaired) electrons. The van der Waals surface area contributed by atoms with Gasteiger partial charge in [0.25, 0.3) is 0 Å². The summed E-state index contributed by atoms with van der Waals surface area (Å²) in [5.41, 5.74) is 3.31. The van der Waals surface area contributed by atoms with Crippen LogP contribution in [0.25, 0.3) is 11.3 Å². The summed E-state index contributed by atoms with van der Waals surface area (Å²) in [5.74, 6) is 1.17. The summed E-state index contributed by atoms with van der Waals surface area (Å²) in [7, 11) is 0. The number of hydrogen-bond donors (Lipinski definition) is 0. The second-order valence-corrected chi connectivity index (χ2v) is 6.80. The fraction of sp³-hybridized carbons (Fsp3) is 0.476. The van der Waals surface area contributed by atoms with E-state index in [-0.39, 0.29) is 5.91 Å². The molecule has 0 bridgehead atoms. The third-order valence-corrected chi connectivity index (χ3v) is 5.01. The molecular formula is C21H28N4O. The standard InChI is InChI=1S/C21H28N4O/c1-3-5-6-21(26)25-15-13-24(14-16-25)20-12-11-19(22-23-20)18-9-7-17(4-2)8-10-18/h7-12H,3-6,13-16H2,1-2H3. The van der Waals surface area contributed by atoms with E-state index < -0.39 is 0 Å². The number of aromatic nitrogens is 2. The van der Waals surface area contributed by atoms with Gasteiger partial charge in [-0.15, -0.1) is 10.2 Å². The van der Waals surface area contributed by atoms with Crippen molar-refractivity contribution in [3.8, 4) is 11.3 Å². The lowest BCUT2D eigenvalue weighted by atomic mass is 10.1. The van der Waals surface area contributed by atoms with Crippen molar-refractivity contribution >= 4 is 11.7 Å². The van der Waals surface area contributed by atoms with Crippen molar-refractivity contribution in [2.45, 2.75) is 39.5 Å². The molecule has 1 saturated heterocycles. The van der Waals surface area contributed by atoms with Gasteiger partial charge in [0.05, 0.1) is 5.69 Å². The molecule has 1 fully saturated rings. The van der Waals surface area contributed by atoms with Crippen molar-refractivity contribution in [1.29, 1.82) is 0 Å². The molecule has 0 unspecified atom stereocenters. The van der Waals surface area contributed by atoms with Crippen LogP contribution in [0.5, 0.6) is 0 Å². The lowest BCUT2D eigenvalue weighted by Gasteiger charge is -2.35. The number of hydrogen-bond acceptors (Lipinski definition) is 4. The zero-order valence-corrected chi connectivity index (χ0v) is 15.8. The summed E-state index contributed by atoms with van der Waals surface area (Å²) >= 11 is 0. The van der Waals surface area contributed by atoms with Gasteiger partial charge in [-0.2, -0.15) is 0 Å². The van der Waals surface area contributed by atoms with Gasteiger partial charge in [-0.25, -0.2) is 0 Å². The number of unbranched alkanes of at least 4 members (excludes halogenated alkanes) is 1. The zero-order valence-electron chi connectivity index (χ0n) is 15.8. The average Bonchev–Trinajstić information content (AvgIpc) is 2.72. The van der Waals surface area contributed by atoms with E-state index in [4.69, 9.17) is 0 Å². The van der Waals surface area contributed by atoms with E-state index >= 15 is 0 Å². The van der Waals surface area contributed by atoms with Crippen LogP contribution >= 0.6 is 0 Å². The summed E-state index contributed by atoms with van der Waals surface area (Å²) in [5, 5.41) is 8.82. The second kappa shape index (κ2) is 8.79. The quantitative estimate of drug-likeness (QED) is 0.798. The minimum atomic E-state index is 0.281. The molecule has 0 N–H and O–H groups in total. The van der Waals surface area contributed by atoms with Crippen LogP contribution < -0.4 is 4.90 Å². The Bertz CT molecular complexity index is 704. The van der Waals surface area contributed by atoms with Crippen molar-refractivity contribution in [3.63, 3.8) is 0 Å². The van der Waals surface area contributed by atoms with Gasteiger partial charge in [-0.1, -0.05) is 44.5 Å². The number of anilines is 1. The van der Waals surface area contributed by atoms with Gasteiger partial charge in [0.2, 0.25) is 5.91 Å². The number of carbonyl (C=O) groups is 1. The molecule has 5 heteroatoms. The van der Waals surface area contributed by atoms with Crippen molar-refractivity contribution in [1.82, 2.24) is 15.1 Å². The van der Waals surface area contributed by atoms with Crippen LogP contribution in [-0.4, -0.2) is 47.2 Å². The number of benzene rings is 1. The first-order valence-corrected chi connectivity index (χ1v) is 9.67. The Morgan fingerprint density at radius 2 is 1.69 bits per heavy atom. The summed E-state index contributed by atoms with van der Waals surface area (Å²) in [6, 6.07) is 12.5. The Morgan fingerprint density at radius 1 is 0.962 bits per heavy atom. The van der Waals surface area contributed by atoms with E-state index in [9.17, 15) is 4.79 Å². The molecule has 1 aromatic carbocycles. The maximum absolute atomic E-state index is 12.1. The Morgan fingerprint density at radius 3 is 2.27 bits per heavy atom. The van der Waals surface area contributed by atoms with Crippen molar-refractivity contribution in [2.75, 3.05) is 31.1 Å². The van der Waals surface area contributed by atoms with E-state index in [1.165, 1.54) is 5.56 Å². The monoisotopic (exact) mass is 352 g/mol. The van der Waals surface area contributed by atoms with E-state index in [0.29, 0.717) is 6.42 Å². The van der Waals surface area contributed by atoms with Gasteiger partial charge in [0.15, 0.2) is 5.82 Å². The van der Waals surface area contributed by atoms with Crippen molar-refractivity contribution < 1.29 is 4.79 Å². The molecule has 0 saturated carbocycles. The minimum absolute atomic E-state index is 0.281. The molecule has 1 aromatic heterocycles.